The molecule has 5 N–H and O–H groups in total. The smallest absolute Gasteiger partial charge is 0.0900 e. The fourth-order valence-corrected chi connectivity index (χ4v) is 9.15. The van der Waals surface area contributed by atoms with Crippen molar-refractivity contribution in [1.29, 1.82) is 0 Å². The predicted octanol–water partition coefficient (Wildman–Crippen LogP) is 3.89. The van der Waals surface area contributed by atoms with Crippen molar-refractivity contribution in [2.45, 2.75) is 129 Å². The second kappa shape index (κ2) is 8.44. The van der Waals surface area contributed by atoms with E-state index < -0.39 is 11.2 Å². The molecule has 33 heavy (non-hydrogen) atoms. The molecule has 0 aromatic rings. The number of aliphatic hydroxyl groups is 5. The van der Waals surface area contributed by atoms with E-state index in [1.54, 1.807) is 20.8 Å². The Morgan fingerprint density at radius 2 is 1.58 bits per heavy atom. The summed E-state index contributed by atoms with van der Waals surface area (Å²) in [7, 11) is 0. The lowest BCUT2D eigenvalue weighted by atomic mass is 9.43. The van der Waals surface area contributed by atoms with Crippen LogP contribution in [-0.4, -0.2) is 55.0 Å². The van der Waals surface area contributed by atoms with Crippen LogP contribution in [0.1, 0.15) is 99.3 Å². The second-order valence-electron chi connectivity index (χ2n) is 13.9. The van der Waals surface area contributed by atoms with Gasteiger partial charge in [-0.05, 0) is 125 Å². The monoisotopic (exact) mass is 466 g/mol. The van der Waals surface area contributed by atoms with Gasteiger partial charge in [0.25, 0.3) is 0 Å². The van der Waals surface area contributed by atoms with Gasteiger partial charge in [-0.3, -0.25) is 0 Å². The molecule has 4 aliphatic carbocycles. The summed E-state index contributed by atoms with van der Waals surface area (Å²) < 4.78 is 0. The van der Waals surface area contributed by atoms with Crippen molar-refractivity contribution in [3.8, 4) is 0 Å². The molecule has 0 bridgehead atoms. The Hall–Kier alpha value is -0.200. The number of hydrogen-bond donors (Lipinski definition) is 5. The van der Waals surface area contributed by atoms with E-state index >= 15 is 0 Å². The third-order valence-electron chi connectivity index (χ3n) is 11.9. The van der Waals surface area contributed by atoms with Crippen molar-refractivity contribution in [2.75, 3.05) is 0 Å². The van der Waals surface area contributed by atoms with E-state index in [4.69, 9.17) is 0 Å². The van der Waals surface area contributed by atoms with Crippen LogP contribution in [0.3, 0.4) is 0 Å². The van der Waals surface area contributed by atoms with Crippen molar-refractivity contribution in [3.05, 3.63) is 0 Å². The van der Waals surface area contributed by atoms with Crippen LogP contribution in [0, 0.1) is 46.3 Å². The fraction of sp³-hybridized carbons (Fsp3) is 1.00. The van der Waals surface area contributed by atoms with Crippen molar-refractivity contribution in [3.63, 3.8) is 0 Å². The van der Waals surface area contributed by atoms with Gasteiger partial charge in [-0.15, -0.1) is 0 Å². The summed E-state index contributed by atoms with van der Waals surface area (Å²) in [6.45, 7) is 11.9. The average molecular weight is 467 g/mol. The molecule has 4 aliphatic rings. The maximum absolute atomic E-state index is 11.7. The molecule has 0 aromatic carbocycles. The Kier molecular flexibility index (Phi) is 6.62. The Labute approximate surface area is 201 Å². The summed E-state index contributed by atoms with van der Waals surface area (Å²) in [6, 6.07) is 0. The van der Waals surface area contributed by atoms with E-state index in [1.807, 2.05) is 0 Å². The van der Waals surface area contributed by atoms with Gasteiger partial charge < -0.3 is 25.5 Å². The molecule has 4 rings (SSSR count). The van der Waals surface area contributed by atoms with Crippen LogP contribution in [0.2, 0.25) is 0 Å². The number of rotatable bonds is 5. The largest absolute Gasteiger partial charge is 0.393 e. The molecule has 192 valence electrons. The minimum atomic E-state index is -1.15. The molecule has 4 fully saturated rings. The molecule has 0 aliphatic heterocycles. The SMILES string of the molecule is C[C@@H](CC[C@@](C)(O)C(C)(C)O)[C@H]1CC[C@H]2[C@@H]3[C@H](O)C[C@H]4C[C@H](O)CC[C@]4(C)[C@H]3C[C@H](O)[C@]12C. The minimum absolute atomic E-state index is 0.0978. The summed E-state index contributed by atoms with van der Waals surface area (Å²) in [5.41, 5.74) is -2.43. The number of aliphatic hydroxyl groups excluding tert-OH is 3. The summed E-state index contributed by atoms with van der Waals surface area (Å²) in [5, 5.41) is 54.5. The molecule has 5 nitrogen and oxygen atoms in total. The van der Waals surface area contributed by atoms with Crippen LogP contribution in [-0.2, 0) is 0 Å². The highest BCUT2D eigenvalue weighted by Crippen LogP contribution is 2.68. The van der Waals surface area contributed by atoms with Crippen LogP contribution in [0.25, 0.3) is 0 Å². The van der Waals surface area contributed by atoms with Gasteiger partial charge in [0.2, 0.25) is 0 Å². The maximum atomic E-state index is 11.7. The van der Waals surface area contributed by atoms with Crippen molar-refractivity contribution >= 4 is 0 Å². The quantitative estimate of drug-likeness (QED) is 0.423. The average Bonchev–Trinajstić information content (AvgIpc) is 3.06. The van der Waals surface area contributed by atoms with Crippen LogP contribution in [0.4, 0.5) is 0 Å². The summed E-state index contributed by atoms with van der Waals surface area (Å²) >= 11 is 0. The van der Waals surface area contributed by atoms with E-state index in [9.17, 15) is 25.5 Å². The summed E-state index contributed by atoms with van der Waals surface area (Å²) in [6.07, 6.45) is 6.62. The summed E-state index contributed by atoms with van der Waals surface area (Å²) in [4.78, 5) is 0. The molecule has 4 saturated carbocycles. The molecule has 12 atom stereocenters. The van der Waals surface area contributed by atoms with Gasteiger partial charge in [-0.25, -0.2) is 0 Å². The van der Waals surface area contributed by atoms with Crippen LogP contribution < -0.4 is 0 Å². The van der Waals surface area contributed by atoms with E-state index in [-0.39, 0.29) is 35.1 Å². The topological polar surface area (TPSA) is 101 Å². The fourth-order valence-electron chi connectivity index (χ4n) is 9.15. The molecule has 0 aromatic heterocycles. The molecule has 0 saturated heterocycles. The Morgan fingerprint density at radius 1 is 0.909 bits per heavy atom. The maximum Gasteiger partial charge on any atom is 0.0900 e. The zero-order valence-corrected chi connectivity index (χ0v) is 21.8. The third kappa shape index (κ3) is 4.02. The highest BCUT2D eigenvalue weighted by atomic mass is 16.4. The summed E-state index contributed by atoms with van der Waals surface area (Å²) in [5.74, 6) is 1.88. The van der Waals surface area contributed by atoms with E-state index in [0.29, 0.717) is 36.0 Å². The Morgan fingerprint density at radius 3 is 2.21 bits per heavy atom. The van der Waals surface area contributed by atoms with Gasteiger partial charge in [-0.2, -0.15) is 0 Å². The molecular weight excluding hydrogens is 416 g/mol. The van der Waals surface area contributed by atoms with E-state index in [0.717, 1.165) is 51.4 Å². The zero-order valence-electron chi connectivity index (χ0n) is 21.8. The highest BCUT2D eigenvalue weighted by molar-refractivity contribution is 5.14. The van der Waals surface area contributed by atoms with Gasteiger partial charge in [-0.1, -0.05) is 20.8 Å². The van der Waals surface area contributed by atoms with Crippen LogP contribution >= 0.6 is 0 Å². The Bertz CT molecular complexity index is 716. The standard InChI is InChI=1S/C28H50O5/c1-16(9-12-27(5,33)25(2,3)32)19-7-8-20-24-21(15-23(31)28(19,20)6)26(4)11-10-18(29)13-17(26)14-22(24)30/h16-24,29-33H,7-15H2,1-6H3/t16-,17+,18+,19+,20-,21-,22+,23-,24-,26-,27+,28+/m0/s1. The van der Waals surface area contributed by atoms with E-state index in [1.165, 1.54) is 0 Å². The minimum Gasteiger partial charge on any atom is -0.393 e. The van der Waals surface area contributed by atoms with E-state index in [2.05, 4.69) is 20.8 Å². The highest BCUT2D eigenvalue weighted by Gasteiger charge is 2.65. The molecule has 0 heterocycles. The second-order valence-corrected chi connectivity index (χ2v) is 13.9. The molecule has 5 heteroatoms. The van der Waals surface area contributed by atoms with Crippen LogP contribution in [0.5, 0.6) is 0 Å². The van der Waals surface area contributed by atoms with Crippen molar-refractivity contribution < 1.29 is 25.5 Å². The number of fused-ring (bicyclic) bond motifs is 5. The first-order valence-corrected chi connectivity index (χ1v) is 13.6. The lowest BCUT2D eigenvalue weighted by Crippen LogP contribution is -2.62. The molecule has 0 unspecified atom stereocenters. The van der Waals surface area contributed by atoms with Crippen molar-refractivity contribution in [2.24, 2.45) is 46.3 Å². The lowest BCUT2D eigenvalue weighted by Gasteiger charge is -2.63. The molecule has 0 spiro atoms. The molecular formula is C28H50O5. The first-order chi connectivity index (χ1) is 15.1. The first-order valence-electron chi connectivity index (χ1n) is 13.6. The van der Waals surface area contributed by atoms with Gasteiger partial charge in [0.15, 0.2) is 0 Å². The normalized spacial score (nSPS) is 50.6. The lowest BCUT2D eigenvalue weighted by molar-refractivity contribution is -0.207. The third-order valence-corrected chi connectivity index (χ3v) is 11.9. The zero-order chi connectivity index (χ0) is 24.6. The number of hydrogen-bond acceptors (Lipinski definition) is 5. The first kappa shape index (κ1) is 25.9. The van der Waals surface area contributed by atoms with Gasteiger partial charge in [0.1, 0.15) is 0 Å². The van der Waals surface area contributed by atoms with Crippen molar-refractivity contribution in [1.82, 2.24) is 0 Å². The molecule has 0 radical (unpaired) electrons. The molecule has 0 amide bonds. The van der Waals surface area contributed by atoms with Gasteiger partial charge in [0, 0.05) is 0 Å². The Balaban J connectivity index is 1.55. The van der Waals surface area contributed by atoms with Gasteiger partial charge in [0.05, 0.1) is 29.5 Å². The predicted molar refractivity (Wildman–Crippen MR) is 129 cm³/mol. The van der Waals surface area contributed by atoms with Crippen LogP contribution in [0.15, 0.2) is 0 Å². The van der Waals surface area contributed by atoms with Gasteiger partial charge >= 0.3 is 0 Å².